The smallest absolute Gasteiger partial charge is 0.268 e. The first-order chi connectivity index (χ1) is 12.1. The number of carbonyl (C=O) groups excluding carboxylic acids is 1. The van der Waals surface area contributed by atoms with Gasteiger partial charge in [0, 0.05) is 24.2 Å². The fourth-order valence-electron chi connectivity index (χ4n) is 2.76. The Balaban J connectivity index is 1.82. The van der Waals surface area contributed by atoms with Gasteiger partial charge in [-0.1, -0.05) is 0 Å². The van der Waals surface area contributed by atoms with Crippen LogP contribution in [0.1, 0.15) is 35.4 Å². The number of rotatable bonds is 5. The molecule has 1 atom stereocenters. The van der Waals surface area contributed by atoms with Gasteiger partial charge in [-0.25, -0.2) is 0 Å². The number of aromatic nitrogens is 1. The molecule has 25 heavy (non-hydrogen) atoms. The maximum Gasteiger partial charge on any atom is 0.268 e. The summed E-state index contributed by atoms with van der Waals surface area (Å²) in [5.74, 6) is 1.25. The van der Waals surface area contributed by atoms with Crippen molar-refractivity contribution in [1.29, 1.82) is 0 Å². The van der Waals surface area contributed by atoms with Crippen LogP contribution in [-0.4, -0.2) is 31.2 Å². The lowest BCUT2D eigenvalue weighted by Crippen LogP contribution is -2.33. The minimum absolute atomic E-state index is 0.161. The van der Waals surface area contributed by atoms with Crippen molar-refractivity contribution in [2.75, 3.05) is 20.3 Å². The molecule has 2 aromatic rings. The first-order valence-corrected chi connectivity index (χ1v) is 8.09. The molecular weight excluding hydrogens is 324 g/mol. The minimum Gasteiger partial charge on any atom is -0.494 e. The van der Waals surface area contributed by atoms with E-state index in [2.05, 4.69) is 10.3 Å². The predicted molar refractivity (Wildman–Crippen MR) is 91.5 cm³/mol. The molecule has 3 rings (SSSR count). The molecule has 0 fully saturated rings. The van der Waals surface area contributed by atoms with Gasteiger partial charge in [-0.05, 0) is 25.1 Å². The Morgan fingerprint density at radius 3 is 2.96 bits per heavy atom. The van der Waals surface area contributed by atoms with Crippen molar-refractivity contribution < 1.29 is 19.0 Å². The van der Waals surface area contributed by atoms with Crippen LogP contribution in [0.25, 0.3) is 0 Å². The standard InChI is InChI=1S/C18H20N2O5/c1-3-24-11-4-5-16-12(8-11)13(6-7-25-16)20-18(22)14-9-15(21)17(23-2)10-19-14/h4-5,8-10,13H,3,6-7H2,1-2H3,(H,19,21)(H,20,22). The zero-order chi connectivity index (χ0) is 17.8. The molecule has 2 heterocycles. The number of methoxy groups -OCH3 is 1. The molecule has 1 aliphatic heterocycles. The molecule has 0 saturated carbocycles. The molecule has 2 N–H and O–H groups in total. The van der Waals surface area contributed by atoms with Crippen molar-refractivity contribution in [1.82, 2.24) is 10.3 Å². The van der Waals surface area contributed by atoms with E-state index in [1.54, 1.807) is 0 Å². The third-order valence-electron chi connectivity index (χ3n) is 3.98. The Bertz CT molecular complexity index is 830. The fraction of sp³-hybridized carbons (Fsp3) is 0.333. The summed E-state index contributed by atoms with van der Waals surface area (Å²) in [5, 5.41) is 2.94. The van der Waals surface area contributed by atoms with Gasteiger partial charge in [0.2, 0.25) is 5.43 Å². The highest BCUT2D eigenvalue weighted by atomic mass is 16.5. The second kappa shape index (κ2) is 7.29. The quantitative estimate of drug-likeness (QED) is 0.866. The van der Waals surface area contributed by atoms with Crippen LogP contribution in [0.3, 0.4) is 0 Å². The van der Waals surface area contributed by atoms with E-state index in [1.807, 2.05) is 25.1 Å². The maximum atomic E-state index is 12.5. The molecule has 0 radical (unpaired) electrons. The van der Waals surface area contributed by atoms with Crippen LogP contribution in [0, 0.1) is 0 Å². The predicted octanol–water partition coefficient (Wildman–Crippen LogP) is 2.04. The van der Waals surface area contributed by atoms with Crippen LogP contribution >= 0.6 is 0 Å². The minimum atomic E-state index is -0.362. The van der Waals surface area contributed by atoms with Gasteiger partial charge in [-0.15, -0.1) is 0 Å². The molecule has 1 aromatic carbocycles. The molecular formula is C18H20N2O5. The van der Waals surface area contributed by atoms with Crippen LogP contribution in [-0.2, 0) is 0 Å². The van der Waals surface area contributed by atoms with Gasteiger partial charge in [-0.3, -0.25) is 9.59 Å². The van der Waals surface area contributed by atoms with Gasteiger partial charge in [0.15, 0.2) is 5.75 Å². The molecule has 7 nitrogen and oxygen atoms in total. The molecule has 0 saturated heterocycles. The molecule has 1 aliphatic rings. The summed E-state index contributed by atoms with van der Waals surface area (Å²) in [6.07, 6.45) is 2.01. The van der Waals surface area contributed by atoms with Crippen LogP contribution < -0.4 is 25.0 Å². The van der Waals surface area contributed by atoms with Gasteiger partial charge in [0.1, 0.15) is 17.2 Å². The monoisotopic (exact) mass is 344 g/mol. The number of amides is 1. The number of pyridine rings is 1. The van der Waals surface area contributed by atoms with Crippen molar-refractivity contribution in [3.05, 3.63) is 51.9 Å². The topological polar surface area (TPSA) is 89.6 Å². The average molecular weight is 344 g/mol. The molecule has 1 unspecified atom stereocenters. The highest BCUT2D eigenvalue weighted by molar-refractivity contribution is 5.92. The van der Waals surface area contributed by atoms with E-state index in [9.17, 15) is 9.59 Å². The number of carbonyl (C=O) groups is 1. The molecule has 132 valence electrons. The van der Waals surface area contributed by atoms with Crippen LogP contribution in [0.5, 0.6) is 17.2 Å². The van der Waals surface area contributed by atoms with E-state index in [1.165, 1.54) is 19.4 Å². The summed E-state index contributed by atoms with van der Waals surface area (Å²) in [6, 6.07) is 6.56. The first-order valence-electron chi connectivity index (χ1n) is 8.09. The van der Waals surface area contributed by atoms with Crippen LogP contribution in [0.4, 0.5) is 0 Å². The van der Waals surface area contributed by atoms with E-state index < -0.39 is 0 Å². The molecule has 7 heteroatoms. The Hall–Kier alpha value is -2.96. The summed E-state index contributed by atoms with van der Waals surface area (Å²) >= 11 is 0. The Morgan fingerprint density at radius 2 is 2.24 bits per heavy atom. The number of H-pyrrole nitrogens is 1. The maximum absolute atomic E-state index is 12.5. The molecule has 0 bridgehead atoms. The molecule has 1 aromatic heterocycles. The summed E-state index contributed by atoms with van der Waals surface area (Å²) in [5.41, 5.74) is 0.693. The largest absolute Gasteiger partial charge is 0.494 e. The van der Waals surface area contributed by atoms with Crippen molar-refractivity contribution in [3.63, 3.8) is 0 Å². The summed E-state index contributed by atoms with van der Waals surface area (Å²) in [6.45, 7) is 2.98. The van der Waals surface area contributed by atoms with Gasteiger partial charge in [0.05, 0.1) is 26.4 Å². The lowest BCUT2D eigenvalue weighted by atomic mass is 10.00. The zero-order valence-electron chi connectivity index (χ0n) is 14.1. The number of benzene rings is 1. The van der Waals surface area contributed by atoms with E-state index in [4.69, 9.17) is 14.2 Å². The lowest BCUT2D eigenvalue weighted by Gasteiger charge is -2.27. The number of ether oxygens (including phenoxy) is 3. The van der Waals surface area contributed by atoms with Crippen LogP contribution in [0.2, 0.25) is 0 Å². The Labute approximate surface area is 144 Å². The number of fused-ring (bicyclic) bond motifs is 1. The fourth-order valence-corrected chi connectivity index (χ4v) is 2.76. The van der Waals surface area contributed by atoms with E-state index in [0.717, 1.165) is 17.1 Å². The third-order valence-corrected chi connectivity index (χ3v) is 3.98. The van der Waals surface area contributed by atoms with Gasteiger partial charge >= 0.3 is 0 Å². The van der Waals surface area contributed by atoms with Gasteiger partial charge < -0.3 is 24.5 Å². The van der Waals surface area contributed by atoms with Crippen molar-refractivity contribution >= 4 is 5.91 Å². The lowest BCUT2D eigenvalue weighted by molar-refractivity contribution is 0.0919. The van der Waals surface area contributed by atoms with Gasteiger partial charge in [0.25, 0.3) is 5.91 Å². The number of hydrogen-bond acceptors (Lipinski definition) is 5. The number of aromatic amines is 1. The van der Waals surface area contributed by atoms with Gasteiger partial charge in [-0.2, -0.15) is 0 Å². The summed E-state index contributed by atoms with van der Waals surface area (Å²) < 4.78 is 16.1. The number of hydrogen-bond donors (Lipinski definition) is 2. The third kappa shape index (κ3) is 3.60. The van der Waals surface area contributed by atoms with E-state index in [0.29, 0.717) is 19.6 Å². The first kappa shape index (κ1) is 16.9. The molecule has 1 amide bonds. The Kier molecular flexibility index (Phi) is 4.92. The zero-order valence-corrected chi connectivity index (χ0v) is 14.1. The van der Waals surface area contributed by atoms with Crippen molar-refractivity contribution in [2.45, 2.75) is 19.4 Å². The SMILES string of the molecule is CCOc1ccc2c(c1)C(NC(=O)c1cc(=O)c(OC)c[nH]1)CCO2. The molecule has 0 aliphatic carbocycles. The van der Waals surface area contributed by atoms with Crippen molar-refractivity contribution in [2.24, 2.45) is 0 Å². The average Bonchev–Trinajstić information content (AvgIpc) is 2.62. The summed E-state index contributed by atoms with van der Waals surface area (Å²) in [7, 11) is 1.40. The van der Waals surface area contributed by atoms with E-state index in [-0.39, 0.29) is 28.8 Å². The van der Waals surface area contributed by atoms with Crippen LogP contribution in [0.15, 0.2) is 35.3 Å². The second-order valence-electron chi connectivity index (χ2n) is 5.58. The summed E-state index contributed by atoms with van der Waals surface area (Å²) in [4.78, 5) is 27.1. The Morgan fingerprint density at radius 1 is 1.40 bits per heavy atom. The normalized spacial score (nSPS) is 15.7. The highest BCUT2D eigenvalue weighted by Crippen LogP contribution is 2.35. The number of nitrogens with one attached hydrogen (secondary N) is 2. The van der Waals surface area contributed by atoms with Crippen molar-refractivity contribution in [3.8, 4) is 17.2 Å². The molecule has 0 spiro atoms. The second-order valence-corrected chi connectivity index (χ2v) is 5.58. The highest BCUT2D eigenvalue weighted by Gasteiger charge is 2.24. The van der Waals surface area contributed by atoms with E-state index >= 15 is 0 Å².